The van der Waals surface area contributed by atoms with E-state index in [0.717, 1.165) is 31.4 Å². The molecule has 0 aromatic heterocycles. The Kier molecular flexibility index (Phi) is 4.45. The van der Waals surface area contributed by atoms with E-state index in [9.17, 15) is 12.8 Å². The predicted octanol–water partition coefficient (Wildman–Crippen LogP) is 2.03. The Balaban J connectivity index is 2.24. The molecule has 1 aromatic carbocycles. The van der Waals surface area contributed by atoms with Crippen LogP contribution in [0.3, 0.4) is 0 Å². The predicted molar refractivity (Wildman–Crippen MR) is 72.0 cm³/mol. The number of benzene rings is 1. The zero-order valence-corrected chi connectivity index (χ0v) is 11.8. The average Bonchev–Trinajstić information content (AvgIpc) is 2.35. The van der Waals surface area contributed by atoms with Crippen LogP contribution in [0.1, 0.15) is 25.7 Å². The summed E-state index contributed by atoms with van der Waals surface area (Å²) in [7, 11) is -3.85. The smallest absolute Gasteiger partial charge is 0.242 e. The van der Waals surface area contributed by atoms with E-state index in [4.69, 9.17) is 17.3 Å². The van der Waals surface area contributed by atoms with Crippen LogP contribution in [0.2, 0.25) is 5.02 Å². The molecule has 3 N–H and O–H groups in total. The highest BCUT2D eigenvalue weighted by Crippen LogP contribution is 2.24. The molecule has 0 unspecified atom stereocenters. The first-order valence-corrected chi connectivity index (χ1v) is 7.99. The lowest BCUT2D eigenvalue weighted by Gasteiger charge is -2.29. The molecular weight excluding hydrogens is 291 g/mol. The van der Waals surface area contributed by atoms with Crippen molar-refractivity contribution in [2.75, 3.05) is 0 Å². The summed E-state index contributed by atoms with van der Waals surface area (Å²) in [6.45, 7) is 0. The van der Waals surface area contributed by atoms with Crippen molar-refractivity contribution in [1.82, 2.24) is 4.72 Å². The van der Waals surface area contributed by atoms with E-state index in [2.05, 4.69) is 4.72 Å². The second-order valence-electron chi connectivity index (χ2n) is 4.75. The molecule has 1 aromatic rings. The van der Waals surface area contributed by atoms with Crippen LogP contribution in [0.15, 0.2) is 23.1 Å². The molecule has 106 valence electrons. The summed E-state index contributed by atoms with van der Waals surface area (Å²) in [4.78, 5) is -0.244. The number of halogens is 2. The van der Waals surface area contributed by atoms with Crippen LogP contribution in [0, 0.1) is 5.82 Å². The van der Waals surface area contributed by atoms with E-state index >= 15 is 0 Å². The highest BCUT2D eigenvalue weighted by molar-refractivity contribution is 7.89. The van der Waals surface area contributed by atoms with Crippen LogP contribution in [-0.2, 0) is 10.0 Å². The van der Waals surface area contributed by atoms with Crippen molar-refractivity contribution in [2.24, 2.45) is 5.73 Å². The number of hydrogen-bond donors (Lipinski definition) is 2. The second kappa shape index (κ2) is 5.75. The van der Waals surface area contributed by atoms with Crippen LogP contribution < -0.4 is 10.5 Å². The summed E-state index contributed by atoms with van der Waals surface area (Å²) in [6, 6.07) is 2.73. The largest absolute Gasteiger partial charge is 0.326 e. The van der Waals surface area contributed by atoms with Crippen molar-refractivity contribution < 1.29 is 12.8 Å². The van der Waals surface area contributed by atoms with Gasteiger partial charge >= 0.3 is 0 Å². The summed E-state index contributed by atoms with van der Waals surface area (Å²) >= 11 is 5.82. The normalized spacial score (nSPS) is 24.4. The van der Waals surface area contributed by atoms with E-state index in [1.165, 1.54) is 6.07 Å². The van der Waals surface area contributed by atoms with Gasteiger partial charge in [0.2, 0.25) is 10.0 Å². The maximum atomic E-state index is 13.2. The molecular formula is C12H16ClFN2O2S. The van der Waals surface area contributed by atoms with Crippen molar-refractivity contribution in [2.45, 2.75) is 42.7 Å². The fraction of sp³-hybridized carbons (Fsp3) is 0.500. The van der Waals surface area contributed by atoms with E-state index in [1.807, 2.05) is 0 Å². The molecule has 1 aliphatic carbocycles. The van der Waals surface area contributed by atoms with Gasteiger partial charge in [-0.1, -0.05) is 24.4 Å². The molecule has 1 fully saturated rings. The third kappa shape index (κ3) is 3.45. The van der Waals surface area contributed by atoms with E-state index in [1.54, 1.807) is 0 Å². The molecule has 0 amide bonds. The quantitative estimate of drug-likeness (QED) is 0.897. The molecule has 2 atom stereocenters. The van der Waals surface area contributed by atoms with Gasteiger partial charge in [-0.3, -0.25) is 0 Å². The molecule has 19 heavy (non-hydrogen) atoms. The summed E-state index contributed by atoms with van der Waals surface area (Å²) in [5, 5.41) is -0.00159. The number of nitrogens with one attached hydrogen (secondary N) is 1. The van der Waals surface area contributed by atoms with Gasteiger partial charge in [-0.05, 0) is 31.0 Å². The Morgan fingerprint density at radius 2 is 2.00 bits per heavy atom. The van der Waals surface area contributed by atoms with Gasteiger partial charge in [0.05, 0.1) is 5.02 Å². The molecule has 1 aliphatic rings. The first-order chi connectivity index (χ1) is 8.90. The molecule has 0 heterocycles. The molecule has 4 nitrogen and oxygen atoms in total. The lowest BCUT2D eigenvalue weighted by atomic mass is 9.92. The third-order valence-electron chi connectivity index (χ3n) is 3.31. The van der Waals surface area contributed by atoms with E-state index in [0.29, 0.717) is 6.42 Å². The lowest BCUT2D eigenvalue weighted by molar-refractivity contribution is 0.361. The fourth-order valence-corrected chi connectivity index (χ4v) is 4.08. The maximum absolute atomic E-state index is 13.2. The van der Waals surface area contributed by atoms with Gasteiger partial charge in [0, 0.05) is 12.1 Å². The van der Waals surface area contributed by atoms with Gasteiger partial charge in [0.15, 0.2) is 0 Å². The molecule has 1 saturated carbocycles. The fourth-order valence-electron chi connectivity index (χ4n) is 2.25. The topological polar surface area (TPSA) is 72.2 Å². The summed E-state index contributed by atoms with van der Waals surface area (Å²) < 4.78 is 40.1. The number of rotatable bonds is 3. The minimum absolute atomic E-state index is 0.00159. The van der Waals surface area contributed by atoms with Crippen molar-refractivity contribution in [3.05, 3.63) is 29.0 Å². The van der Waals surface area contributed by atoms with Crippen LogP contribution >= 0.6 is 11.6 Å². The van der Waals surface area contributed by atoms with Crippen LogP contribution in [0.5, 0.6) is 0 Å². The molecule has 2 rings (SSSR count). The number of nitrogens with two attached hydrogens (primary N) is 1. The van der Waals surface area contributed by atoms with Crippen molar-refractivity contribution >= 4 is 21.6 Å². The second-order valence-corrected chi connectivity index (χ2v) is 6.84. The highest BCUT2D eigenvalue weighted by Gasteiger charge is 2.28. The van der Waals surface area contributed by atoms with Crippen molar-refractivity contribution in [1.29, 1.82) is 0 Å². The Bertz CT molecular complexity index is 565. The molecule has 0 radical (unpaired) electrons. The minimum atomic E-state index is -3.85. The van der Waals surface area contributed by atoms with Crippen molar-refractivity contribution in [3.63, 3.8) is 0 Å². The van der Waals surface area contributed by atoms with Gasteiger partial charge in [-0.2, -0.15) is 0 Å². The minimum Gasteiger partial charge on any atom is -0.326 e. The Morgan fingerprint density at radius 1 is 1.32 bits per heavy atom. The first kappa shape index (κ1) is 14.7. The Morgan fingerprint density at radius 3 is 2.68 bits per heavy atom. The summed E-state index contributed by atoms with van der Waals surface area (Å²) in [5.74, 6) is -0.641. The first-order valence-electron chi connectivity index (χ1n) is 6.13. The Hall–Kier alpha value is -0.690. The Labute approximate surface area is 117 Å². The summed E-state index contributed by atoms with van der Waals surface area (Å²) in [5.41, 5.74) is 5.90. The van der Waals surface area contributed by atoms with Crippen molar-refractivity contribution in [3.8, 4) is 0 Å². The van der Waals surface area contributed by atoms with E-state index < -0.39 is 15.8 Å². The van der Waals surface area contributed by atoms with Crippen LogP contribution in [-0.4, -0.2) is 20.5 Å². The van der Waals surface area contributed by atoms with Crippen LogP contribution in [0.25, 0.3) is 0 Å². The summed E-state index contributed by atoms with van der Waals surface area (Å²) in [6.07, 6.45) is 3.40. The van der Waals surface area contributed by atoms with E-state index in [-0.39, 0.29) is 22.0 Å². The third-order valence-corrected chi connectivity index (χ3v) is 5.28. The molecule has 7 heteroatoms. The standard InChI is InChI=1S/C12H16ClFN2O2S/c13-9-6-5-8(14)7-12(9)19(17,18)16-11-4-2-1-3-10(11)15/h5-7,10-11,16H,1-4,15H2/t10-,11-/m1/s1. The zero-order valence-electron chi connectivity index (χ0n) is 10.3. The van der Waals surface area contributed by atoms with Gasteiger partial charge < -0.3 is 5.73 Å². The monoisotopic (exact) mass is 306 g/mol. The zero-order chi connectivity index (χ0) is 14.0. The van der Waals surface area contributed by atoms with Gasteiger partial charge in [0.1, 0.15) is 10.7 Å². The maximum Gasteiger partial charge on any atom is 0.242 e. The molecule has 0 spiro atoms. The molecule has 0 aliphatic heterocycles. The molecule has 0 bridgehead atoms. The van der Waals surface area contributed by atoms with Gasteiger partial charge in [-0.25, -0.2) is 17.5 Å². The highest BCUT2D eigenvalue weighted by atomic mass is 35.5. The number of sulfonamides is 1. The molecule has 0 saturated heterocycles. The van der Waals surface area contributed by atoms with Crippen LogP contribution in [0.4, 0.5) is 4.39 Å². The number of hydrogen-bond acceptors (Lipinski definition) is 3. The average molecular weight is 307 g/mol. The lowest BCUT2D eigenvalue weighted by Crippen LogP contribution is -2.49. The van der Waals surface area contributed by atoms with Gasteiger partial charge in [0.25, 0.3) is 0 Å². The van der Waals surface area contributed by atoms with Gasteiger partial charge in [-0.15, -0.1) is 0 Å². The SMILES string of the molecule is N[C@@H]1CCCC[C@H]1NS(=O)(=O)c1cc(F)ccc1Cl.